The molecule has 0 aromatic heterocycles. The van der Waals surface area contributed by atoms with E-state index >= 15 is 0 Å². The number of ether oxygens (including phenoxy) is 1. The molecule has 0 unspecified atom stereocenters. The van der Waals surface area contributed by atoms with Crippen LogP contribution in [-0.2, 0) is 10.8 Å². The molecule has 0 heterocycles. The lowest BCUT2D eigenvalue weighted by Gasteiger charge is -2.33. The normalized spacial score (nSPS) is 13.4. The molecule has 0 spiro atoms. The van der Waals surface area contributed by atoms with Crippen molar-refractivity contribution in [2.45, 2.75) is 66.2 Å². The smallest absolute Gasteiger partial charge is 0.123 e. The zero-order valence-corrected chi connectivity index (χ0v) is 15.1. The summed E-state index contributed by atoms with van der Waals surface area (Å²) >= 11 is 0. The molecule has 1 aromatic rings. The molecule has 120 valence electrons. The number of benzene rings is 1. The summed E-state index contributed by atoms with van der Waals surface area (Å²) in [6, 6.07) is 6.41. The van der Waals surface area contributed by atoms with Crippen LogP contribution in [-0.4, -0.2) is 13.2 Å². The Morgan fingerprint density at radius 1 is 0.905 bits per heavy atom. The first-order valence-electron chi connectivity index (χ1n) is 7.85. The van der Waals surface area contributed by atoms with E-state index in [4.69, 9.17) is 10.5 Å². The van der Waals surface area contributed by atoms with Gasteiger partial charge in [0.15, 0.2) is 0 Å². The minimum atomic E-state index is -0.00705. The lowest BCUT2D eigenvalue weighted by molar-refractivity contribution is 0.183. The quantitative estimate of drug-likeness (QED) is 0.876. The molecule has 0 fully saturated rings. The Morgan fingerprint density at radius 2 is 1.48 bits per heavy atom. The summed E-state index contributed by atoms with van der Waals surface area (Å²) in [4.78, 5) is 0. The monoisotopic (exact) mass is 291 g/mol. The Labute approximate surface area is 131 Å². The molecular formula is C19H33NO. The molecule has 0 aliphatic heterocycles. The molecule has 0 aliphatic rings. The lowest BCUT2D eigenvalue weighted by Crippen LogP contribution is -2.31. The maximum atomic E-state index is 6.18. The van der Waals surface area contributed by atoms with E-state index in [1.54, 1.807) is 0 Å². The minimum absolute atomic E-state index is 0.00705. The van der Waals surface area contributed by atoms with E-state index in [0.29, 0.717) is 13.2 Å². The summed E-state index contributed by atoms with van der Waals surface area (Å²) < 4.78 is 6.18. The molecule has 0 saturated carbocycles. The van der Waals surface area contributed by atoms with Gasteiger partial charge in [-0.2, -0.15) is 0 Å². The van der Waals surface area contributed by atoms with Crippen LogP contribution in [0, 0.1) is 5.41 Å². The maximum absolute atomic E-state index is 6.18. The Kier molecular flexibility index (Phi) is 5.15. The molecule has 0 aliphatic carbocycles. The van der Waals surface area contributed by atoms with Crippen LogP contribution in [0.3, 0.4) is 0 Å². The zero-order chi connectivity index (χ0) is 16.5. The summed E-state index contributed by atoms with van der Waals surface area (Å²) in [7, 11) is 0. The summed E-state index contributed by atoms with van der Waals surface area (Å²) in [5.74, 6) is 0.997. The van der Waals surface area contributed by atoms with Crippen LogP contribution in [0.1, 0.15) is 66.5 Å². The van der Waals surface area contributed by atoms with Gasteiger partial charge in [0, 0.05) is 17.5 Å². The van der Waals surface area contributed by atoms with Crippen LogP contribution in [0.15, 0.2) is 18.2 Å². The van der Waals surface area contributed by atoms with Gasteiger partial charge in [-0.1, -0.05) is 67.5 Å². The fraction of sp³-hybridized carbons (Fsp3) is 0.684. The molecular weight excluding hydrogens is 258 g/mol. The molecule has 0 atom stereocenters. The average molecular weight is 291 g/mol. The molecule has 1 rings (SSSR count). The second-order valence-electron chi connectivity index (χ2n) is 8.84. The van der Waals surface area contributed by atoms with Gasteiger partial charge in [0.25, 0.3) is 0 Å². The van der Waals surface area contributed by atoms with Crippen molar-refractivity contribution in [3.63, 3.8) is 0 Å². The number of rotatable bonds is 4. The van der Waals surface area contributed by atoms with E-state index in [-0.39, 0.29) is 16.2 Å². The first-order chi connectivity index (χ1) is 9.38. The van der Waals surface area contributed by atoms with Gasteiger partial charge in [-0.25, -0.2) is 0 Å². The SMILES string of the molecule is CC(C)(CN)COc1cccc(C(C)(C)C)c1C(C)(C)C. The van der Waals surface area contributed by atoms with Crippen molar-refractivity contribution in [2.24, 2.45) is 11.1 Å². The molecule has 2 N–H and O–H groups in total. The molecule has 2 heteroatoms. The number of hydrogen-bond donors (Lipinski definition) is 1. The Hall–Kier alpha value is -1.02. The zero-order valence-electron chi connectivity index (χ0n) is 15.1. The summed E-state index contributed by atoms with van der Waals surface area (Å²) in [6.45, 7) is 19.0. The van der Waals surface area contributed by atoms with Crippen LogP contribution in [0.5, 0.6) is 5.75 Å². The Bertz CT molecular complexity index is 475. The molecule has 21 heavy (non-hydrogen) atoms. The number of hydrogen-bond acceptors (Lipinski definition) is 2. The van der Waals surface area contributed by atoms with E-state index in [9.17, 15) is 0 Å². The third kappa shape index (κ3) is 4.74. The van der Waals surface area contributed by atoms with Gasteiger partial charge in [-0.3, -0.25) is 0 Å². The predicted octanol–water partition coefficient (Wildman–Crippen LogP) is 4.65. The Balaban J connectivity index is 3.27. The third-order valence-corrected chi connectivity index (χ3v) is 3.76. The average Bonchev–Trinajstić information content (AvgIpc) is 2.34. The summed E-state index contributed by atoms with van der Waals surface area (Å²) in [6.07, 6.45) is 0. The van der Waals surface area contributed by atoms with Gasteiger partial charge < -0.3 is 10.5 Å². The van der Waals surface area contributed by atoms with Gasteiger partial charge in [0.1, 0.15) is 5.75 Å². The van der Waals surface area contributed by atoms with E-state index < -0.39 is 0 Å². The van der Waals surface area contributed by atoms with Crippen molar-refractivity contribution in [2.75, 3.05) is 13.2 Å². The molecule has 0 saturated heterocycles. The summed E-state index contributed by atoms with van der Waals surface area (Å²) in [5, 5.41) is 0. The van der Waals surface area contributed by atoms with Gasteiger partial charge in [-0.15, -0.1) is 0 Å². The largest absolute Gasteiger partial charge is 0.493 e. The second-order valence-corrected chi connectivity index (χ2v) is 8.84. The van der Waals surface area contributed by atoms with Gasteiger partial charge in [0.2, 0.25) is 0 Å². The molecule has 0 bridgehead atoms. The highest BCUT2D eigenvalue weighted by atomic mass is 16.5. The van der Waals surface area contributed by atoms with Crippen LogP contribution >= 0.6 is 0 Å². The number of nitrogens with two attached hydrogens (primary N) is 1. The highest BCUT2D eigenvalue weighted by Gasteiger charge is 2.29. The second kappa shape index (κ2) is 6.00. The van der Waals surface area contributed by atoms with Gasteiger partial charge in [0.05, 0.1) is 6.61 Å². The van der Waals surface area contributed by atoms with Crippen molar-refractivity contribution < 1.29 is 4.74 Å². The standard InChI is InChI=1S/C19H33NO/c1-17(2,3)14-10-9-11-15(16(14)18(4,5)6)21-13-19(7,8)12-20/h9-11H,12-13,20H2,1-8H3. The third-order valence-electron chi connectivity index (χ3n) is 3.76. The van der Waals surface area contributed by atoms with Crippen molar-refractivity contribution in [1.29, 1.82) is 0 Å². The van der Waals surface area contributed by atoms with Gasteiger partial charge >= 0.3 is 0 Å². The predicted molar refractivity (Wildman–Crippen MR) is 92.2 cm³/mol. The van der Waals surface area contributed by atoms with Gasteiger partial charge in [-0.05, 0) is 22.5 Å². The van der Waals surface area contributed by atoms with E-state index in [2.05, 4.69) is 73.6 Å². The van der Waals surface area contributed by atoms with Crippen LogP contribution in [0.25, 0.3) is 0 Å². The van der Waals surface area contributed by atoms with Crippen molar-refractivity contribution in [3.05, 3.63) is 29.3 Å². The maximum Gasteiger partial charge on any atom is 0.123 e. The molecule has 1 aromatic carbocycles. The van der Waals surface area contributed by atoms with Crippen LogP contribution in [0.4, 0.5) is 0 Å². The van der Waals surface area contributed by atoms with E-state index in [0.717, 1.165) is 5.75 Å². The van der Waals surface area contributed by atoms with Crippen molar-refractivity contribution in [1.82, 2.24) is 0 Å². The highest BCUT2D eigenvalue weighted by molar-refractivity contribution is 5.47. The summed E-state index contributed by atoms with van der Waals surface area (Å²) in [5.41, 5.74) is 8.63. The van der Waals surface area contributed by atoms with Crippen molar-refractivity contribution in [3.8, 4) is 5.75 Å². The minimum Gasteiger partial charge on any atom is -0.493 e. The van der Waals surface area contributed by atoms with Crippen molar-refractivity contribution >= 4 is 0 Å². The fourth-order valence-electron chi connectivity index (χ4n) is 2.38. The lowest BCUT2D eigenvalue weighted by atomic mass is 9.75. The highest BCUT2D eigenvalue weighted by Crippen LogP contribution is 2.40. The molecule has 0 amide bonds. The molecule has 0 radical (unpaired) electrons. The molecule has 2 nitrogen and oxygen atoms in total. The topological polar surface area (TPSA) is 35.2 Å². The first kappa shape index (κ1) is 18.0. The van der Waals surface area contributed by atoms with E-state index in [1.165, 1.54) is 11.1 Å². The van der Waals surface area contributed by atoms with Crippen LogP contribution < -0.4 is 10.5 Å². The first-order valence-corrected chi connectivity index (χ1v) is 7.85. The van der Waals surface area contributed by atoms with E-state index in [1.807, 2.05) is 0 Å². The fourth-order valence-corrected chi connectivity index (χ4v) is 2.38. The Morgan fingerprint density at radius 3 is 1.90 bits per heavy atom. The van der Waals surface area contributed by atoms with Crippen LogP contribution in [0.2, 0.25) is 0 Å².